The standard InChI is InChI=1S/C21H32ClN7O/c1-3-20-26-25-17-29(20)10-8-23-21(24-9-15-30-2)28-13-11-27(12-14-28)16-18-4-6-19(22)7-5-18/h4-7,17H,3,8-16H2,1-2H3,(H,23,24). The average Bonchev–Trinajstić information content (AvgIpc) is 3.22. The van der Waals surface area contributed by atoms with E-state index < -0.39 is 0 Å². The number of guanidine groups is 1. The molecule has 1 N–H and O–H groups in total. The van der Waals surface area contributed by atoms with Gasteiger partial charge in [-0.3, -0.25) is 9.89 Å². The highest BCUT2D eigenvalue weighted by atomic mass is 35.5. The number of hydrogen-bond donors (Lipinski definition) is 1. The molecule has 30 heavy (non-hydrogen) atoms. The SMILES string of the molecule is CCc1nncn1CCNC(=NCCOC)N1CCN(Cc2ccc(Cl)cc2)CC1. The number of halogens is 1. The normalized spacial score (nSPS) is 15.6. The molecule has 0 spiro atoms. The molecular weight excluding hydrogens is 402 g/mol. The topological polar surface area (TPSA) is 70.8 Å². The molecule has 1 saturated heterocycles. The summed E-state index contributed by atoms with van der Waals surface area (Å²) in [6.07, 6.45) is 2.67. The van der Waals surface area contributed by atoms with Crippen molar-refractivity contribution in [2.75, 3.05) is 53.0 Å². The Morgan fingerprint density at radius 1 is 1.20 bits per heavy atom. The van der Waals surface area contributed by atoms with Crippen molar-refractivity contribution in [1.82, 2.24) is 29.9 Å². The van der Waals surface area contributed by atoms with Gasteiger partial charge in [0.2, 0.25) is 0 Å². The predicted octanol–water partition coefficient (Wildman–Crippen LogP) is 1.90. The number of hydrogen-bond acceptors (Lipinski definition) is 5. The van der Waals surface area contributed by atoms with E-state index in [4.69, 9.17) is 21.3 Å². The quantitative estimate of drug-likeness (QED) is 0.370. The Bertz CT molecular complexity index is 785. The van der Waals surface area contributed by atoms with Crippen LogP contribution in [0.5, 0.6) is 0 Å². The molecule has 0 atom stereocenters. The molecule has 164 valence electrons. The Kier molecular flexibility index (Phi) is 8.92. The monoisotopic (exact) mass is 433 g/mol. The molecule has 8 nitrogen and oxygen atoms in total. The molecule has 0 aliphatic carbocycles. The molecule has 0 unspecified atom stereocenters. The van der Waals surface area contributed by atoms with E-state index in [1.54, 1.807) is 13.4 Å². The van der Waals surface area contributed by atoms with Crippen molar-refractivity contribution in [3.05, 3.63) is 47.0 Å². The van der Waals surface area contributed by atoms with Crippen molar-refractivity contribution in [3.8, 4) is 0 Å². The Labute approximate surface area is 183 Å². The fourth-order valence-electron chi connectivity index (χ4n) is 3.50. The van der Waals surface area contributed by atoms with E-state index in [0.717, 1.165) is 69.0 Å². The first-order chi connectivity index (χ1) is 14.7. The lowest BCUT2D eigenvalue weighted by Gasteiger charge is -2.36. The van der Waals surface area contributed by atoms with Crippen molar-refractivity contribution in [2.45, 2.75) is 26.4 Å². The second-order valence-corrected chi connectivity index (χ2v) is 7.75. The van der Waals surface area contributed by atoms with Crippen LogP contribution in [-0.4, -0.2) is 83.5 Å². The Morgan fingerprint density at radius 2 is 1.97 bits per heavy atom. The van der Waals surface area contributed by atoms with Gasteiger partial charge in [0.05, 0.1) is 13.2 Å². The second kappa shape index (κ2) is 11.9. The van der Waals surface area contributed by atoms with Gasteiger partial charge in [0, 0.05) is 64.4 Å². The Morgan fingerprint density at radius 3 is 2.67 bits per heavy atom. The molecule has 2 heterocycles. The van der Waals surface area contributed by atoms with Crippen LogP contribution in [0.2, 0.25) is 5.02 Å². The van der Waals surface area contributed by atoms with Gasteiger partial charge >= 0.3 is 0 Å². The molecular formula is C21H32ClN7O. The third-order valence-corrected chi connectivity index (χ3v) is 5.45. The highest BCUT2D eigenvalue weighted by Crippen LogP contribution is 2.13. The summed E-state index contributed by atoms with van der Waals surface area (Å²) in [6, 6.07) is 8.11. The van der Waals surface area contributed by atoms with Crippen molar-refractivity contribution in [2.24, 2.45) is 4.99 Å². The minimum atomic E-state index is 0.618. The van der Waals surface area contributed by atoms with Crippen molar-refractivity contribution in [3.63, 3.8) is 0 Å². The minimum absolute atomic E-state index is 0.618. The minimum Gasteiger partial charge on any atom is -0.383 e. The number of benzene rings is 1. The van der Waals surface area contributed by atoms with Gasteiger partial charge in [0.25, 0.3) is 0 Å². The molecule has 1 aromatic carbocycles. The van der Waals surface area contributed by atoms with Crippen LogP contribution in [0, 0.1) is 0 Å². The van der Waals surface area contributed by atoms with Gasteiger partial charge in [-0.25, -0.2) is 0 Å². The number of ether oxygens (including phenoxy) is 1. The molecule has 0 radical (unpaired) electrons. The summed E-state index contributed by atoms with van der Waals surface area (Å²) in [4.78, 5) is 9.55. The molecule has 9 heteroatoms. The lowest BCUT2D eigenvalue weighted by molar-refractivity contribution is 0.171. The summed E-state index contributed by atoms with van der Waals surface area (Å²) >= 11 is 5.99. The van der Waals surface area contributed by atoms with Crippen LogP contribution >= 0.6 is 11.6 Å². The van der Waals surface area contributed by atoms with Crippen LogP contribution in [0.15, 0.2) is 35.6 Å². The van der Waals surface area contributed by atoms with Gasteiger partial charge in [-0.1, -0.05) is 30.7 Å². The first kappa shape index (κ1) is 22.5. The smallest absolute Gasteiger partial charge is 0.194 e. The van der Waals surface area contributed by atoms with Crippen molar-refractivity contribution >= 4 is 17.6 Å². The Hall–Kier alpha value is -2.16. The summed E-state index contributed by atoms with van der Waals surface area (Å²) < 4.78 is 7.26. The van der Waals surface area contributed by atoms with Gasteiger partial charge in [-0.05, 0) is 17.7 Å². The van der Waals surface area contributed by atoms with Crippen LogP contribution in [0.4, 0.5) is 0 Å². The first-order valence-electron chi connectivity index (χ1n) is 10.5. The fraction of sp³-hybridized carbons (Fsp3) is 0.571. The van der Waals surface area contributed by atoms with E-state index in [1.165, 1.54) is 5.56 Å². The molecule has 0 saturated carbocycles. The molecule has 1 fully saturated rings. The maximum absolute atomic E-state index is 5.99. The molecule has 0 bridgehead atoms. The first-order valence-corrected chi connectivity index (χ1v) is 10.9. The maximum atomic E-state index is 5.99. The van der Waals surface area contributed by atoms with Crippen LogP contribution in [0.3, 0.4) is 0 Å². The zero-order valence-corrected chi connectivity index (χ0v) is 18.7. The molecule has 0 amide bonds. The lowest BCUT2D eigenvalue weighted by atomic mass is 10.2. The van der Waals surface area contributed by atoms with Crippen LogP contribution < -0.4 is 5.32 Å². The number of aryl methyl sites for hydroxylation is 1. The van der Waals surface area contributed by atoms with Crippen molar-refractivity contribution < 1.29 is 4.74 Å². The zero-order chi connectivity index (χ0) is 21.2. The van der Waals surface area contributed by atoms with Gasteiger partial charge in [-0.15, -0.1) is 10.2 Å². The number of aromatic nitrogens is 3. The summed E-state index contributed by atoms with van der Waals surface area (Å²) in [7, 11) is 1.70. The number of aliphatic imine (C=N–C) groups is 1. The fourth-order valence-corrected chi connectivity index (χ4v) is 3.63. The average molecular weight is 434 g/mol. The predicted molar refractivity (Wildman–Crippen MR) is 120 cm³/mol. The number of methoxy groups -OCH3 is 1. The largest absolute Gasteiger partial charge is 0.383 e. The molecule has 1 aliphatic heterocycles. The number of piperazine rings is 1. The lowest BCUT2D eigenvalue weighted by Crippen LogP contribution is -2.52. The number of nitrogens with one attached hydrogen (secondary N) is 1. The summed E-state index contributed by atoms with van der Waals surface area (Å²) in [5.41, 5.74) is 1.29. The third-order valence-electron chi connectivity index (χ3n) is 5.20. The van der Waals surface area contributed by atoms with Gasteiger partial charge < -0.3 is 19.5 Å². The van der Waals surface area contributed by atoms with Crippen LogP contribution in [-0.2, 0) is 24.2 Å². The second-order valence-electron chi connectivity index (χ2n) is 7.31. The number of nitrogens with zero attached hydrogens (tertiary/aromatic N) is 6. The maximum Gasteiger partial charge on any atom is 0.194 e. The van der Waals surface area contributed by atoms with Gasteiger partial charge in [0.1, 0.15) is 12.2 Å². The molecule has 2 aromatic rings. The van der Waals surface area contributed by atoms with Crippen LogP contribution in [0.25, 0.3) is 0 Å². The van der Waals surface area contributed by atoms with E-state index >= 15 is 0 Å². The van der Waals surface area contributed by atoms with E-state index in [1.807, 2.05) is 12.1 Å². The highest BCUT2D eigenvalue weighted by Gasteiger charge is 2.20. The molecule has 3 rings (SSSR count). The molecule has 1 aromatic heterocycles. The van der Waals surface area contributed by atoms with Crippen molar-refractivity contribution in [1.29, 1.82) is 0 Å². The van der Waals surface area contributed by atoms with E-state index in [9.17, 15) is 0 Å². The van der Waals surface area contributed by atoms with E-state index in [2.05, 4.69) is 48.9 Å². The highest BCUT2D eigenvalue weighted by molar-refractivity contribution is 6.30. The summed E-state index contributed by atoms with van der Waals surface area (Å²) in [5.74, 6) is 1.95. The number of rotatable bonds is 9. The summed E-state index contributed by atoms with van der Waals surface area (Å²) in [6.45, 7) is 9.79. The molecule has 1 aliphatic rings. The summed E-state index contributed by atoms with van der Waals surface area (Å²) in [5, 5.41) is 12.5. The van der Waals surface area contributed by atoms with E-state index in [-0.39, 0.29) is 0 Å². The van der Waals surface area contributed by atoms with Gasteiger partial charge in [-0.2, -0.15) is 0 Å². The van der Waals surface area contributed by atoms with E-state index in [0.29, 0.717) is 13.2 Å². The zero-order valence-electron chi connectivity index (χ0n) is 17.9. The van der Waals surface area contributed by atoms with Gasteiger partial charge in [0.15, 0.2) is 5.96 Å². The third kappa shape index (κ3) is 6.68. The Balaban J connectivity index is 1.51. The van der Waals surface area contributed by atoms with Crippen LogP contribution in [0.1, 0.15) is 18.3 Å².